The third-order valence-electron chi connectivity index (χ3n) is 2.09. The molecule has 2 heterocycles. The Balaban J connectivity index is 2.03. The van der Waals surface area contributed by atoms with Gasteiger partial charge in [0.15, 0.2) is 0 Å². The smallest absolute Gasteiger partial charge is 0.0574 e. The highest BCUT2D eigenvalue weighted by Crippen LogP contribution is 2.14. The molecule has 0 aliphatic carbocycles. The van der Waals surface area contributed by atoms with Gasteiger partial charge in [0.25, 0.3) is 0 Å². The van der Waals surface area contributed by atoms with Crippen molar-refractivity contribution in [1.82, 2.24) is 10.6 Å². The van der Waals surface area contributed by atoms with Crippen molar-refractivity contribution in [3.05, 3.63) is 0 Å². The van der Waals surface area contributed by atoms with Gasteiger partial charge in [-0.15, -0.1) is 0 Å². The molecule has 2 N–H and O–H groups in total. The van der Waals surface area contributed by atoms with Crippen molar-refractivity contribution in [1.29, 1.82) is 0 Å². The van der Waals surface area contributed by atoms with Gasteiger partial charge in [0.05, 0.1) is 6.17 Å². The van der Waals surface area contributed by atoms with Crippen molar-refractivity contribution in [2.75, 3.05) is 6.54 Å². The second-order valence-corrected chi connectivity index (χ2v) is 2.76. The third kappa shape index (κ3) is 0.644. The molecule has 2 unspecified atom stereocenters. The van der Waals surface area contributed by atoms with E-state index in [1.165, 1.54) is 25.8 Å². The fourth-order valence-electron chi connectivity index (χ4n) is 1.63. The minimum Gasteiger partial charge on any atom is -0.300 e. The zero-order valence-corrected chi connectivity index (χ0v) is 4.98. The average molecular weight is 112 g/mol. The SMILES string of the molecule is C1CC2CNC(C1)N2. The maximum absolute atomic E-state index is 3.48. The van der Waals surface area contributed by atoms with E-state index in [1.54, 1.807) is 0 Å². The van der Waals surface area contributed by atoms with Crippen LogP contribution in [-0.4, -0.2) is 18.8 Å². The summed E-state index contributed by atoms with van der Waals surface area (Å²) in [6, 6.07) is 0.800. The molecular weight excluding hydrogens is 100 g/mol. The molecule has 0 saturated carbocycles. The van der Waals surface area contributed by atoms with Crippen LogP contribution in [0.15, 0.2) is 0 Å². The molecule has 2 bridgehead atoms. The largest absolute Gasteiger partial charge is 0.300 e. The summed E-state index contributed by atoms with van der Waals surface area (Å²) in [4.78, 5) is 0. The molecule has 0 aromatic carbocycles. The molecule has 2 heteroatoms. The maximum atomic E-state index is 3.48. The van der Waals surface area contributed by atoms with Crippen molar-refractivity contribution in [2.45, 2.75) is 31.5 Å². The molecule has 2 fully saturated rings. The van der Waals surface area contributed by atoms with Crippen LogP contribution in [0.2, 0.25) is 0 Å². The van der Waals surface area contributed by atoms with Gasteiger partial charge in [-0.25, -0.2) is 0 Å². The summed E-state index contributed by atoms with van der Waals surface area (Å²) in [5.74, 6) is 0. The van der Waals surface area contributed by atoms with E-state index in [0.29, 0.717) is 6.17 Å². The molecule has 46 valence electrons. The van der Waals surface area contributed by atoms with Gasteiger partial charge in [-0.05, 0) is 19.3 Å². The molecule has 2 rings (SSSR count). The van der Waals surface area contributed by atoms with Crippen LogP contribution in [0.1, 0.15) is 19.3 Å². The molecule has 0 aromatic heterocycles. The van der Waals surface area contributed by atoms with Crippen molar-refractivity contribution in [3.63, 3.8) is 0 Å². The fraction of sp³-hybridized carbons (Fsp3) is 1.00. The van der Waals surface area contributed by atoms with Crippen molar-refractivity contribution >= 4 is 0 Å². The number of hydrogen-bond acceptors (Lipinski definition) is 2. The monoisotopic (exact) mass is 112 g/mol. The second kappa shape index (κ2) is 1.71. The molecule has 8 heavy (non-hydrogen) atoms. The molecule has 2 saturated heterocycles. The van der Waals surface area contributed by atoms with E-state index < -0.39 is 0 Å². The van der Waals surface area contributed by atoms with Crippen molar-refractivity contribution in [2.24, 2.45) is 0 Å². The van der Waals surface area contributed by atoms with Gasteiger partial charge in [0.2, 0.25) is 0 Å². The molecule has 0 amide bonds. The number of fused-ring (bicyclic) bond motifs is 2. The van der Waals surface area contributed by atoms with Gasteiger partial charge in [-0.2, -0.15) is 0 Å². The van der Waals surface area contributed by atoms with Crippen molar-refractivity contribution < 1.29 is 0 Å². The van der Waals surface area contributed by atoms with E-state index in [-0.39, 0.29) is 0 Å². The van der Waals surface area contributed by atoms with Gasteiger partial charge in [0.1, 0.15) is 0 Å². The van der Waals surface area contributed by atoms with E-state index >= 15 is 0 Å². The lowest BCUT2D eigenvalue weighted by atomic mass is 10.1. The Morgan fingerprint density at radius 3 is 3.00 bits per heavy atom. The minimum absolute atomic E-state index is 0.661. The van der Waals surface area contributed by atoms with Gasteiger partial charge in [-0.1, -0.05) is 0 Å². The molecule has 0 radical (unpaired) electrons. The highest BCUT2D eigenvalue weighted by atomic mass is 15.2. The van der Waals surface area contributed by atoms with E-state index in [1.807, 2.05) is 0 Å². The topological polar surface area (TPSA) is 24.1 Å². The summed E-state index contributed by atoms with van der Waals surface area (Å²) in [5.41, 5.74) is 0. The first-order chi connectivity index (χ1) is 3.95. The Kier molecular flexibility index (Phi) is 1.02. The van der Waals surface area contributed by atoms with Crippen LogP contribution in [-0.2, 0) is 0 Å². The number of rotatable bonds is 0. The van der Waals surface area contributed by atoms with E-state index in [9.17, 15) is 0 Å². The molecule has 0 aromatic rings. The maximum Gasteiger partial charge on any atom is 0.0574 e. The van der Waals surface area contributed by atoms with E-state index in [0.717, 1.165) is 6.04 Å². The Morgan fingerprint density at radius 2 is 2.25 bits per heavy atom. The lowest BCUT2D eigenvalue weighted by Gasteiger charge is -2.18. The summed E-state index contributed by atoms with van der Waals surface area (Å²) in [6.07, 6.45) is 4.78. The quantitative estimate of drug-likeness (QED) is 0.463. The normalized spacial score (nSPS) is 45.0. The first kappa shape index (κ1) is 4.77. The summed E-state index contributed by atoms with van der Waals surface area (Å²) in [7, 11) is 0. The zero-order valence-electron chi connectivity index (χ0n) is 4.98. The van der Waals surface area contributed by atoms with E-state index in [4.69, 9.17) is 0 Å². The second-order valence-electron chi connectivity index (χ2n) is 2.76. The highest BCUT2D eigenvalue weighted by molar-refractivity contribution is 4.87. The van der Waals surface area contributed by atoms with Gasteiger partial charge in [-0.3, -0.25) is 5.32 Å². The fourth-order valence-corrected chi connectivity index (χ4v) is 1.63. The van der Waals surface area contributed by atoms with Crippen LogP contribution < -0.4 is 10.6 Å². The first-order valence-electron chi connectivity index (χ1n) is 3.44. The van der Waals surface area contributed by atoms with Crippen molar-refractivity contribution in [3.8, 4) is 0 Å². The summed E-state index contributed by atoms with van der Waals surface area (Å²) in [5, 5.41) is 6.89. The van der Waals surface area contributed by atoms with Crippen LogP contribution in [0.4, 0.5) is 0 Å². The zero-order chi connectivity index (χ0) is 5.40. The van der Waals surface area contributed by atoms with Crippen LogP contribution >= 0.6 is 0 Å². The van der Waals surface area contributed by atoms with Gasteiger partial charge >= 0.3 is 0 Å². The standard InChI is InChI=1S/C6H12N2/c1-2-5-4-7-6(3-1)8-5/h5-8H,1-4H2. The molecule has 2 atom stereocenters. The van der Waals surface area contributed by atoms with Gasteiger partial charge in [0, 0.05) is 12.6 Å². The molecule has 2 aliphatic rings. The van der Waals surface area contributed by atoms with E-state index in [2.05, 4.69) is 10.6 Å². The lowest BCUT2D eigenvalue weighted by molar-refractivity contribution is 0.398. The Morgan fingerprint density at radius 1 is 1.25 bits per heavy atom. The number of hydrogen-bond donors (Lipinski definition) is 2. The summed E-state index contributed by atoms with van der Waals surface area (Å²) >= 11 is 0. The van der Waals surface area contributed by atoms with Gasteiger partial charge < -0.3 is 5.32 Å². The Labute approximate surface area is 49.7 Å². The molecule has 2 aliphatic heterocycles. The van der Waals surface area contributed by atoms with Crippen LogP contribution in [0.3, 0.4) is 0 Å². The van der Waals surface area contributed by atoms with Crippen LogP contribution in [0.5, 0.6) is 0 Å². The summed E-state index contributed by atoms with van der Waals surface area (Å²) in [6.45, 7) is 1.20. The van der Waals surface area contributed by atoms with Crippen LogP contribution in [0, 0.1) is 0 Å². The molecular formula is C6H12N2. The van der Waals surface area contributed by atoms with Crippen LogP contribution in [0.25, 0.3) is 0 Å². The third-order valence-corrected chi connectivity index (χ3v) is 2.09. The predicted octanol–water partition coefficient (Wildman–Crippen LogP) is 0.0578. The Bertz CT molecular complexity index is 78.5. The average Bonchev–Trinajstić information content (AvgIpc) is 2.12. The lowest BCUT2D eigenvalue weighted by Crippen LogP contribution is -2.36. The molecule has 0 spiro atoms. The highest BCUT2D eigenvalue weighted by Gasteiger charge is 2.26. The molecule has 2 nitrogen and oxygen atoms in total. The predicted molar refractivity (Wildman–Crippen MR) is 32.6 cm³/mol. The number of nitrogens with one attached hydrogen (secondary N) is 2. The summed E-state index contributed by atoms with van der Waals surface area (Å²) < 4.78 is 0. The first-order valence-corrected chi connectivity index (χ1v) is 3.44. The number of piperidine rings is 1. The Hall–Kier alpha value is -0.0800. The minimum atomic E-state index is 0.661.